The van der Waals surface area contributed by atoms with Gasteiger partial charge in [0, 0.05) is 5.56 Å². The van der Waals surface area contributed by atoms with Gasteiger partial charge in [-0.3, -0.25) is 0 Å². The normalized spacial score (nSPS) is 10.3. The van der Waals surface area contributed by atoms with Gasteiger partial charge in [-0.25, -0.2) is 14.4 Å². The van der Waals surface area contributed by atoms with Crippen LogP contribution in [-0.2, 0) is 20.8 Å². The third kappa shape index (κ3) is 5.22. The fourth-order valence-electron chi connectivity index (χ4n) is 2.83. The predicted molar refractivity (Wildman–Crippen MR) is 116 cm³/mol. The van der Waals surface area contributed by atoms with Gasteiger partial charge in [-0.05, 0) is 26.0 Å². The Labute approximate surface area is 189 Å². The number of thiophene rings is 1. The van der Waals surface area contributed by atoms with Gasteiger partial charge in [-0.2, -0.15) is 0 Å². The number of hydrogen-bond donors (Lipinski definition) is 1. The molecule has 1 heterocycles. The van der Waals surface area contributed by atoms with Crippen molar-refractivity contribution in [3.8, 4) is 17.2 Å². The van der Waals surface area contributed by atoms with Crippen LogP contribution in [0.5, 0.6) is 17.2 Å². The van der Waals surface area contributed by atoms with Crippen LogP contribution in [0.25, 0.3) is 0 Å². The zero-order valence-electron chi connectivity index (χ0n) is 18.4. The van der Waals surface area contributed by atoms with Gasteiger partial charge in [0.15, 0.2) is 11.5 Å². The zero-order valence-corrected chi connectivity index (χ0v) is 19.3. The summed E-state index contributed by atoms with van der Waals surface area (Å²) in [6.07, 6.45) is 0. The van der Waals surface area contributed by atoms with Crippen LogP contribution in [-0.4, -0.2) is 52.5 Å². The number of carbonyl (C=O) groups is 3. The van der Waals surface area contributed by atoms with Crippen LogP contribution in [0.15, 0.2) is 12.1 Å². The van der Waals surface area contributed by atoms with E-state index in [9.17, 15) is 14.4 Å². The van der Waals surface area contributed by atoms with Gasteiger partial charge >= 0.3 is 17.9 Å². The van der Waals surface area contributed by atoms with Crippen molar-refractivity contribution in [1.82, 2.24) is 0 Å². The van der Waals surface area contributed by atoms with Gasteiger partial charge in [0.25, 0.3) is 0 Å². The number of ether oxygens (including phenoxy) is 6. The standard InChI is InChI=1S/C21H25NO9S/c1-6-29-20(24)15-12(17(32-18(15)22)21(25)30-7-2)10-31-19(23)11-8-13(26-3)16(28-5)14(9-11)27-4/h8-9H,6-7,10,22H2,1-5H3. The molecular weight excluding hydrogens is 442 g/mol. The molecule has 0 saturated carbocycles. The molecule has 0 atom stereocenters. The van der Waals surface area contributed by atoms with Crippen LogP contribution in [0.2, 0.25) is 0 Å². The monoisotopic (exact) mass is 467 g/mol. The molecule has 0 saturated heterocycles. The Kier molecular flexibility index (Phi) is 8.71. The predicted octanol–water partition coefficient (Wildman–Crippen LogP) is 3.07. The summed E-state index contributed by atoms with van der Waals surface area (Å²) >= 11 is 0.862. The van der Waals surface area contributed by atoms with Crippen molar-refractivity contribution in [2.24, 2.45) is 0 Å². The second-order valence-corrected chi connectivity index (χ2v) is 7.13. The van der Waals surface area contributed by atoms with Crippen LogP contribution < -0.4 is 19.9 Å². The number of methoxy groups -OCH3 is 3. The molecule has 0 fully saturated rings. The molecule has 1 aromatic carbocycles. The number of nitrogen functional groups attached to an aromatic ring is 1. The third-order valence-electron chi connectivity index (χ3n) is 4.22. The smallest absolute Gasteiger partial charge is 0.348 e. The van der Waals surface area contributed by atoms with E-state index in [1.165, 1.54) is 33.5 Å². The minimum Gasteiger partial charge on any atom is -0.493 e. The number of rotatable bonds is 10. The van der Waals surface area contributed by atoms with E-state index in [-0.39, 0.29) is 51.3 Å². The summed E-state index contributed by atoms with van der Waals surface area (Å²) < 4.78 is 31.2. The molecule has 174 valence electrons. The molecule has 10 nitrogen and oxygen atoms in total. The minimum atomic E-state index is -0.751. The molecule has 0 unspecified atom stereocenters. The quantitative estimate of drug-likeness (QED) is 0.410. The second kappa shape index (κ2) is 11.2. The Bertz CT molecular complexity index is 974. The van der Waals surface area contributed by atoms with Gasteiger partial charge in [0.1, 0.15) is 22.0 Å². The van der Waals surface area contributed by atoms with Gasteiger partial charge < -0.3 is 34.2 Å². The van der Waals surface area contributed by atoms with Gasteiger partial charge in [0.2, 0.25) is 5.75 Å². The van der Waals surface area contributed by atoms with Gasteiger partial charge in [0.05, 0.1) is 40.1 Å². The van der Waals surface area contributed by atoms with Gasteiger partial charge in [-0.1, -0.05) is 0 Å². The molecule has 0 aliphatic rings. The van der Waals surface area contributed by atoms with Gasteiger partial charge in [-0.15, -0.1) is 11.3 Å². The van der Waals surface area contributed by atoms with Crippen LogP contribution in [0.3, 0.4) is 0 Å². The molecule has 0 amide bonds. The van der Waals surface area contributed by atoms with E-state index >= 15 is 0 Å². The first kappa shape index (κ1) is 24.8. The Morgan fingerprint density at radius 2 is 1.41 bits per heavy atom. The molecule has 0 radical (unpaired) electrons. The van der Waals surface area contributed by atoms with Crippen molar-refractivity contribution in [2.45, 2.75) is 20.5 Å². The highest BCUT2D eigenvalue weighted by atomic mass is 32.1. The van der Waals surface area contributed by atoms with E-state index < -0.39 is 24.5 Å². The lowest BCUT2D eigenvalue weighted by atomic mass is 10.1. The lowest BCUT2D eigenvalue weighted by Crippen LogP contribution is -2.14. The molecule has 0 spiro atoms. The van der Waals surface area contributed by atoms with Crippen LogP contribution >= 0.6 is 11.3 Å². The maximum Gasteiger partial charge on any atom is 0.348 e. The molecule has 2 aromatic rings. The summed E-state index contributed by atoms with van der Waals surface area (Å²) in [6, 6.07) is 2.84. The highest BCUT2D eigenvalue weighted by molar-refractivity contribution is 7.18. The van der Waals surface area contributed by atoms with Crippen molar-refractivity contribution in [1.29, 1.82) is 0 Å². The minimum absolute atomic E-state index is 0.0300. The van der Waals surface area contributed by atoms with Crippen molar-refractivity contribution in [3.63, 3.8) is 0 Å². The first-order valence-corrected chi connectivity index (χ1v) is 10.4. The van der Waals surface area contributed by atoms with E-state index in [2.05, 4.69) is 0 Å². The molecular formula is C21H25NO9S. The molecule has 11 heteroatoms. The van der Waals surface area contributed by atoms with Crippen LogP contribution in [0.1, 0.15) is 49.8 Å². The molecule has 1 aromatic heterocycles. The Morgan fingerprint density at radius 3 is 1.91 bits per heavy atom. The summed E-state index contributed by atoms with van der Waals surface area (Å²) in [5.41, 5.74) is 6.15. The summed E-state index contributed by atoms with van der Waals surface area (Å²) in [7, 11) is 4.27. The summed E-state index contributed by atoms with van der Waals surface area (Å²) in [5, 5.41) is 0.0605. The van der Waals surface area contributed by atoms with E-state index in [1.807, 2.05) is 0 Å². The summed E-state index contributed by atoms with van der Waals surface area (Å²) in [4.78, 5) is 37.6. The number of nitrogens with two attached hydrogens (primary N) is 1. The summed E-state index contributed by atoms with van der Waals surface area (Å²) in [6.45, 7) is 3.09. The zero-order chi connectivity index (χ0) is 23.8. The highest BCUT2D eigenvalue weighted by Gasteiger charge is 2.29. The van der Waals surface area contributed by atoms with E-state index in [0.717, 1.165) is 11.3 Å². The fourth-order valence-corrected chi connectivity index (χ4v) is 3.79. The maximum absolute atomic E-state index is 12.7. The first-order chi connectivity index (χ1) is 15.3. The molecule has 2 N–H and O–H groups in total. The number of hydrogen-bond acceptors (Lipinski definition) is 11. The Morgan fingerprint density at radius 1 is 0.844 bits per heavy atom. The first-order valence-electron chi connectivity index (χ1n) is 9.55. The maximum atomic E-state index is 12.7. The van der Waals surface area contributed by atoms with Crippen molar-refractivity contribution < 1.29 is 42.8 Å². The number of esters is 3. The number of anilines is 1. The van der Waals surface area contributed by atoms with Crippen LogP contribution in [0, 0.1) is 0 Å². The molecule has 0 aliphatic heterocycles. The highest BCUT2D eigenvalue weighted by Crippen LogP contribution is 2.39. The largest absolute Gasteiger partial charge is 0.493 e. The summed E-state index contributed by atoms with van der Waals surface area (Å²) in [5.74, 6) is -1.32. The average molecular weight is 467 g/mol. The molecule has 32 heavy (non-hydrogen) atoms. The molecule has 0 aliphatic carbocycles. The fraction of sp³-hybridized carbons (Fsp3) is 0.381. The van der Waals surface area contributed by atoms with E-state index in [1.54, 1.807) is 13.8 Å². The van der Waals surface area contributed by atoms with Crippen molar-refractivity contribution in [3.05, 3.63) is 33.7 Å². The molecule has 2 rings (SSSR count). The second-order valence-electron chi connectivity index (χ2n) is 6.08. The number of carbonyl (C=O) groups excluding carboxylic acids is 3. The van der Waals surface area contributed by atoms with Crippen molar-refractivity contribution in [2.75, 3.05) is 40.3 Å². The Hall–Kier alpha value is -3.47. The van der Waals surface area contributed by atoms with E-state index in [0.29, 0.717) is 5.75 Å². The van der Waals surface area contributed by atoms with E-state index in [4.69, 9.17) is 34.2 Å². The lowest BCUT2D eigenvalue weighted by molar-refractivity contribution is 0.0437. The lowest BCUT2D eigenvalue weighted by Gasteiger charge is -2.14. The number of benzene rings is 1. The average Bonchev–Trinajstić information content (AvgIpc) is 3.12. The topological polar surface area (TPSA) is 133 Å². The Balaban J connectivity index is 2.39. The SMILES string of the molecule is CCOC(=O)c1sc(N)c(C(=O)OCC)c1COC(=O)c1cc(OC)c(OC)c(OC)c1. The third-order valence-corrected chi connectivity index (χ3v) is 5.26. The van der Waals surface area contributed by atoms with Crippen molar-refractivity contribution >= 4 is 34.2 Å². The van der Waals surface area contributed by atoms with Crippen LogP contribution in [0.4, 0.5) is 5.00 Å². The molecule has 0 bridgehead atoms.